The van der Waals surface area contributed by atoms with Crippen molar-refractivity contribution in [2.45, 2.75) is 6.54 Å². The SMILES string of the molecule is Nc1cc(Oc2ccc(Nc3nc(NCc4ccccc4)ncc3C(=O)Nc3ccc(F)cc3F)cc2F)ccn1. The second kappa shape index (κ2) is 12.0. The molecule has 41 heavy (non-hydrogen) atoms. The highest BCUT2D eigenvalue weighted by Gasteiger charge is 2.18. The molecule has 5 N–H and O–H groups in total. The number of aromatic nitrogens is 3. The Bertz CT molecular complexity index is 1700. The third kappa shape index (κ3) is 6.87. The molecule has 5 rings (SSSR count). The van der Waals surface area contributed by atoms with Crippen LogP contribution in [0.4, 0.5) is 42.1 Å². The minimum absolute atomic E-state index is 0.00515. The number of nitrogens with one attached hydrogen (secondary N) is 3. The van der Waals surface area contributed by atoms with E-state index in [1.54, 1.807) is 0 Å². The number of nitrogens with zero attached hydrogens (tertiary/aromatic N) is 3. The van der Waals surface area contributed by atoms with Crippen LogP contribution in [0.25, 0.3) is 0 Å². The van der Waals surface area contributed by atoms with Gasteiger partial charge in [0.05, 0.1) is 5.69 Å². The molecule has 5 aromatic rings. The van der Waals surface area contributed by atoms with E-state index in [0.29, 0.717) is 18.4 Å². The number of carbonyl (C=O) groups is 1. The Morgan fingerprint density at radius 2 is 1.73 bits per heavy atom. The lowest BCUT2D eigenvalue weighted by atomic mass is 10.2. The molecular formula is C29H22F3N7O2. The number of nitrogens with two attached hydrogens (primary N) is 1. The lowest BCUT2D eigenvalue weighted by molar-refractivity contribution is 0.102. The lowest BCUT2D eigenvalue weighted by Gasteiger charge is -2.14. The van der Waals surface area contributed by atoms with Crippen LogP contribution < -0.4 is 26.4 Å². The van der Waals surface area contributed by atoms with Gasteiger partial charge in [-0.15, -0.1) is 0 Å². The molecule has 0 unspecified atom stereocenters. The van der Waals surface area contributed by atoms with Crippen LogP contribution in [0.15, 0.2) is 91.3 Å². The summed E-state index contributed by atoms with van der Waals surface area (Å²) in [6.07, 6.45) is 2.67. The average Bonchev–Trinajstić information content (AvgIpc) is 2.95. The molecule has 206 valence electrons. The third-order valence-corrected chi connectivity index (χ3v) is 5.68. The largest absolute Gasteiger partial charge is 0.454 e. The van der Waals surface area contributed by atoms with Crippen LogP contribution in [-0.4, -0.2) is 20.9 Å². The molecule has 12 heteroatoms. The van der Waals surface area contributed by atoms with Crippen LogP contribution >= 0.6 is 0 Å². The van der Waals surface area contributed by atoms with Crippen molar-refractivity contribution in [1.29, 1.82) is 0 Å². The van der Waals surface area contributed by atoms with Crippen molar-refractivity contribution in [2.75, 3.05) is 21.7 Å². The molecule has 2 heterocycles. The molecule has 0 aliphatic rings. The smallest absolute Gasteiger partial charge is 0.261 e. The first-order valence-electron chi connectivity index (χ1n) is 12.2. The van der Waals surface area contributed by atoms with E-state index in [1.165, 1.54) is 36.7 Å². The highest BCUT2D eigenvalue weighted by atomic mass is 19.1. The van der Waals surface area contributed by atoms with Crippen molar-refractivity contribution >= 4 is 34.9 Å². The van der Waals surface area contributed by atoms with Crippen molar-refractivity contribution in [1.82, 2.24) is 15.0 Å². The van der Waals surface area contributed by atoms with Gasteiger partial charge in [-0.25, -0.2) is 23.1 Å². The van der Waals surface area contributed by atoms with E-state index in [2.05, 4.69) is 30.9 Å². The van der Waals surface area contributed by atoms with E-state index in [0.717, 1.165) is 23.8 Å². The van der Waals surface area contributed by atoms with Gasteiger partial charge in [-0.3, -0.25) is 4.79 Å². The van der Waals surface area contributed by atoms with Gasteiger partial charge in [-0.1, -0.05) is 30.3 Å². The number of amides is 1. The summed E-state index contributed by atoms with van der Waals surface area (Å²) in [7, 11) is 0. The first-order valence-corrected chi connectivity index (χ1v) is 12.2. The zero-order valence-corrected chi connectivity index (χ0v) is 21.2. The van der Waals surface area contributed by atoms with Gasteiger partial charge in [0.2, 0.25) is 5.95 Å². The van der Waals surface area contributed by atoms with E-state index in [1.807, 2.05) is 30.3 Å². The van der Waals surface area contributed by atoms with Crippen LogP contribution in [0, 0.1) is 17.5 Å². The first-order chi connectivity index (χ1) is 19.8. The van der Waals surface area contributed by atoms with Gasteiger partial charge >= 0.3 is 0 Å². The Balaban J connectivity index is 1.41. The van der Waals surface area contributed by atoms with Gasteiger partial charge in [0.1, 0.15) is 34.6 Å². The van der Waals surface area contributed by atoms with E-state index in [9.17, 15) is 18.0 Å². The number of carbonyl (C=O) groups excluding carboxylic acids is 1. The molecule has 0 fully saturated rings. The maximum absolute atomic E-state index is 14.9. The van der Waals surface area contributed by atoms with Gasteiger partial charge in [0, 0.05) is 42.8 Å². The number of nitrogen functional groups attached to an aromatic ring is 1. The molecule has 0 bridgehead atoms. The maximum atomic E-state index is 14.9. The quantitative estimate of drug-likeness (QED) is 0.167. The molecule has 0 aliphatic heterocycles. The summed E-state index contributed by atoms with van der Waals surface area (Å²) in [5, 5.41) is 8.36. The average molecular weight is 558 g/mol. The van der Waals surface area contributed by atoms with Crippen molar-refractivity contribution in [3.63, 3.8) is 0 Å². The normalized spacial score (nSPS) is 10.6. The Hall–Kier alpha value is -5.65. The zero-order valence-electron chi connectivity index (χ0n) is 21.2. The van der Waals surface area contributed by atoms with Crippen LogP contribution in [0.2, 0.25) is 0 Å². The molecule has 9 nitrogen and oxygen atoms in total. The number of hydrogen-bond acceptors (Lipinski definition) is 8. The number of rotatable bonds is 9. The Labute approximate surface area is 232 Å². The van der Waals surface area contributed by atoms with Crippen LogP contribution in [-0.2, 0) is 6.54 Å². The molecule has 3 aromatic carbocycles. The highest BCUT2D eigenvalue weighted by molar-refractivity contribution is 6.07. The summed E-state index contributed by atoms with van der Waals surface area (Å²) >= 11 is 0. The monoisotopic (exact) mass is 557 g/mol. The summed E-state index contributed by atoms with van der Waals surface area (Å²) in [6.45, 7) is 0.396. The molecule has 0 saturated heterocycles. The fourth-order valence-corrected chi connectivity index (χ4v) is 3.70. The second-order valence-electron chi connectivity index (χ2n) is 8.66. The molecule has 1 amide bonds. The molecule has 0 spiro atoms. The number of halogens is 3. The molecule has 0 radical (unpaired) electrons. The van der Waals surface area contributed by atoms with Gasteiger partial charge in [-0.2, -0.15) is 4.98 Å². The maximum Gasteiger partial charge on any atom is 0.261 e. The third-order valence-electron chi connectivity index (χ3n) is 5.68. The summed E-state index contributed by atoms with van der Waals surface area (Å²) in [5.41, 5.74) is 6.53. The predicted molar refractivity (Wildman–Crippen MR) is 149 cm³/mol. The van der Waals surface area contributed by atoms with Crippen molar-refractivity contribution in [3.8, 4) is 11.5 Å². The Morgan fingerprint density at radius 3 is 2.49 bits per heavy atom. The summed E-state index contributed by atoms with van der Waals surface area (Å²) in [5.74, 6) is -2.60. The molecule has 0 aliphatic carbocycles. The van der Waals surface area contributed by atoms with Gasteiger partial charge in [0.15, 0.2) is 11.6 Å². The van der Waals surface area contributed by atoms with Crippen LogP contribution in [0.3, 0.4) is 0 Å². The summed E-state index contributed by atoms with van der Waals surface area (Å²) < 4.78 is 48.0. The van der Waals surface area contributed by atoms with Crippen LogP contribution in [0.5, 0.6) is 11.5 Å². The van der Waals surface area contributed by atoms with E-state index in [4.69, 9.17) is 10.5 Å². The standard InChI is InChI=1S/C29H22F3N7O2/c30-18-6-8-24(22(31)12-18)38-28(40)21-16-36-29(35-15-17-4-2-1-3-5-17)39-27(21)37-19-7-9-25(23(32)13-19)41-20-10-11-34-26(33)14-20/h1-14,16H,15H2,(H2,33,34)(H,38,40)(H2,35,36,37,39). The van der Waals surface area contributed by atoms with E-state index >= 15 is 0 Å². The van der Waals surface area contributed by atoms with Gasteiger partial charge < -0.3 is 26.4 Å². The first kappa shape index (κ1) is 26.9. The summed E-state index contributed by atoms with van der Waals surface area (Å²) in [6, 6.07) is 19.3. The summed E-state index contributed by atoms with van der Waals surface area (Å²) in [4.78, 5) is 25.5. The minimum Gasteiger partial charge on any atom is -0.454 e. The number of benzene rings is 3. The van der Waals surface area contributed by atoms with Crippen molar-refractivity contribution in [2.24, 2.45) is 0 Å². The van der Waals surface area contributed by atoms with E-state index < -0.39 is 23.4 Å². The molecule has 2 aromatic heterocycles. The second-order valence-corrected chi connectivity index (χ2v) is 8.66. The number of hydrogen-bond donors (Lipinski definition) is 4. The fraction of sp³-hybridized carbons (Fsp3) is 0.0345. The lowest BCUT2D eigenvalue weighted by Crippen LogP contribution is -2.17. The topological polar surface area (TPSA) is 127 Å². The van der Waals surface area contributed by atoms with Crippen molar-refractivity contribution in [3.05, 3.63) is 120 Å². The Kier molecular flexibility index (Phi) is 7.90. The number of pyridine rings is 1. The minimum atomic E-state index is -0.955. The highest BCUT2D eigenvalue weighted by Crippen LogP contribution is 2.29. The van der Waals surface area contributed by atoms with E-state index in [-0.39, 0.29) is 40.3 Å². The number of ether oxygens (including phenoxy) is 1. The zero-order chi connectivity index (χ0) is 28.8. The Morgan fingerprint density at radius 1 is 0.902 bits per heavy atom. The molecular weight excluding hydrogens is 535 g/mol. The fourth-order valence-electron chi connectivity index (χ4n) is 3.70. The van der Waals surface area contributed by atoms with Gasteiger partial charge in [-0.05, 0) is 35.9 Å². The van der Waals surface area contributed by atoms with Crippen LogP contribution in [0.1, 0.15) is 15.9 Å². The molecule has 0 atom stereocenters. The number of anilines is 5. The predicted octanol–water partition coefficient (Wildman–Crippen LogP) is 6.27. The van der Waals surface area contributed by atoms with Gasteiger partial charge in [0.25, 0.3) is 5.91 Å². The van der Waals surface area contributed by atoms with Crippen molar-refractivity contribution < 1.29 is 22.7 Å². The molecule has 0 saturated carbocycles.